The van der Waals surface area contributed by atoms with Crippen molar-refractivity contribution in [3.63, 3.8) is 0 Å². The van der Waals surface area contributed by atoms with Crippen LogP contribution < -0.4 is 5.32 Å². The van der Waals surface area contributed by atoms with E-state index in [1.54, 1.807) is 24.3 Å². The fraction of sp³-hybridized carbons (Fsp3) is 0.500. The van der Waals surface area contributed by atoms with Gasteiger partial charge in [-0.15, -0.1) is 0 Å². The molecule has 2 aliphatic heterocycles. The molecule has 5 heteroatoms. The molecule has 0 radical (unpaired) electrons. The van der Waals surface area contributed by atoms with Gasteiger partial charge < -0.3 is 10.1 Å². The molecular weight excluding hydrogens is 288 g/mol. The van der Waals surface area contributed by atoms with Crippen molar-refractivity contribution in [2.45, 2.75) is 44.4 Å². The summed E-state index contributed by atoms with van der Waals surface area (Å²) in [6.45, 7) is 1.93. The van der Waals surface area contributed by atoms with Crippen LogP contribution in [0.2, 0.25) is 5.02 Å². The number of fused-ring (bicyclic) bond motifs is 2. The number of halogens is 1. The molecule has 0 saturated carbocycles. The first kappa shape index (κ1) is 14.4. The zero-order valence-corrected chi connectivity index (χ0v) is 12.6. The van der Waals surface area contributed by atoms with Gasteiger partial charge in [0.05, 0.1) is 23.7 Å². The number of carbonyl (C=O) groups excluding carboxylic acids is 1. The average Bonchev–Trinajstić information content (AvgIpc) is 3.05. The van der Waals surface area contributed by atoms with Gasteiger partial charge in [0, 0.05) is 5.02 Å². The lowest BCUT2D eigenvalue weighted by molar-refractivity contribution is -0.133. The van der Waals surface area contributed by atoms with Crippen LogP contribution >= 0.6 is 11.6 Å². The van der Waals surface area contributed by atoms with Crippen LogP contribution in [-0.2, 0) is 9.53 Å². The fourth-order valence-electron chi connectivity index (χ4n) is 3.34. The van der Waals surface area contributed by atoms with Gasteiger partial charge in [-0.25, -0.2) is 0 Å². The molecule has 21 heavy (non-hydrogen) atoms. The normalized spacial score (nSPS) is 31.7. The van der Waals surface area contributed by atoms with Gasteiger partial charge in [-0.2, -0.15) is 5.26 Å². The highest BCUT2D eigenvalue weighted by Gasteiger charge is 2.54. The van der Waals surface area contributed by atoms with Crippen molar-refractivity contribution in [3.05, 3.63) is 34.9 Å². The van der Waals surface area contributed by atoms with E-state index in [1.807, 2.05) is 6.92 Å². The summed E-state index contributed by atoms with van der Waals surface area (Å²) in [6.07, 6.45) is 2.85. The average molecular weight is 305 g/mol. The van der Waals surface area contributed by atoms with Crippen LogP contribution in [0, 0.1) is 16.7 Å². The smallest absolute Gasteiger partial charge is 0.229 e. The van der Waals surface area contributed by atoms with Gasteiger partial charge in [-0.3, -0.25) is 4.79 Å². The van der Waals surface area contributed by atoms with Gasteiger partial charge in [-0.05, 0) is 43.9 Å². The minimum Gasteiger partial charge on any atom is -0.374 e. The standard InChI is InChI=1S/C16H17ClN2O2/c1-16(8-12-5-6-14(16)21-12)15(20)19-13(9-18)10-3-2-4-11(17)7-10/h2-4,7,12-14H,5-6,8H2,1H3,(H,19,20)/t12-,13-,14-,16-/m1/s1. The molecule has 1 amide bonds. The predicted molar refractivity (Wildman–Crippen MR) is 78.6 cm³/mol. The summed E-state index contributed by atoms with van der Waals surface area (Å²) < 4.78 is 5.78. The maximum absolute atomic E-state index is 12.6. The predicted octanol–water partition coefficient (Wildman–Crippen LogP) is 2.98. The number of ether oxygens (including phenoxy) is 1. The van der Waals surface area contributed by atoms with Crippen molar-refractivity contribution >= 4 is 17.5 Å². The second kappa shape index (κ2) is 5.32. The molecule has 2 saturated heterocycles. The Morgan fingerprint density at radius 3 is 2.95 bits per heavy atom. The molecule has 0 spiro atoms. The number of carbonyl (C=O) groups is 1. The van der Waals surface area contributed by atoms with E-state index in [4.69, 9.17) is 16.3 Å². The summed E-state index contributed by atoms with van der Waals surface area (Å²) in [5.74, 6) is -0.110. The van der Waals surface area contributed by atoms with Gasteiger partial charge in [0.2, 0.25) is 5.91 Å². The largest absolute Gasteiger partial charge is 0.374 e. The van der Waals surface area contributed by atoms with E-state index in [2.05, 4.69) is 11.4 Å². The highest BCUT2D eigenvalue weighted by atomic mass is 35.5. The molecule has 0 aromatic heterocycles. The maximum atomic E-state index is 12.6. The molecular formula is C16H17ClN2O2. The van der Waals surface area contributed by atoms with Crippen LogP contribution in [0.3, 0.4) is 0 Å². The first-order chi connectivity index (χ1) is 10.0. The lowest BCUT2D eigenvalue weighted by Crippen LogP contribution is -2.46. The molecule has 2 bridgehead atoms. The van der Waals surface area contributed by atoms with E-state index in [1.165, 1.54) is 0 Å². The Morgan fingerprint density at radius 2 is 2.38 bits per heavy atom. The maximum Gasteiger partial charge on any atom is 0.229 e. The molecule has 1 aromatic carbocycles. The van der Waals surface area contributed by atoms with Gasteiger partial charge in [0.1, 0.15) is 6.04 Å². The number of benzene rings is 1. The Bertz CT molecular complexity index is 613. The van der Waals surface area contributed by atoms with Crippen LogP contribution in [0.5, 0.6) is 0 Å². The van der Waals surface area contributed by atoms with E-state index in [-0.39, 0.29) is 18.1 Å². The van der Waals surface area contributed by atoms with E-state index in [0.717, 1.165) is 19.3 Å². The summed E-state index contributed by atoms with van der Waals surface area (Å²) in [4.78, 5) is 12.6. The Labute approximate surface area is 129 Å². The third-order valence-electron chi connectivity index (χ3n) is 4.58. The molecule has 4 atom stereocenters. The van der Waals surface area contributed by atoms with Crippen LogP contribution in [0.25, 0.3) is 0 Å². The van der Waals surface area contributed by atoms with Crippen LogP contribution in [0.1, 0.15) is 37.8 Å². The lowest BCUT2D eigenvalue weighted by atomic mass is 9.74. The van der Waals surface area contributed by atoms with Crippen molar-refractivity contribution in [2.24, 2.45) is 5.41 Å². The molecule has 0 unspecified atom stereocenters. The van der Waals surface area contributed by atoms with E-state index in [0.29, 0.717) is 10.6 Å². The highest BCUT2D eigenvalue weighted by molar-refractivity contribution is 6.30. The monoisotopic (exact) mass is 304 g/mol. The fourth-order valence-corrected chi connectivity index (χ4v) is 3.54. The number of nitrogens with zero attached hydrogens (tertiary/aromatic N) is 1. The van der Waals surface area contributed by atoms with Crippen LogP contribution in [0.4, 0.5) is 0 Å². The number of hydrogen-bond acceptors (Lipinski definition) is 3. The van der Waals surface area contributed by atoms with E-state index in [9.17, 15) is 10.1 Å². The summed E-state index contributed by atoms with van der Waals surface area (Å²) in [5, 5.41) is 12.7. The summed E-state index contributed by atoms with van der Waals surface area (Å²) >= 11 is 5.95. The first-order valence-electron chi connectivity index (χ1n) is 7.14. The van der Waals surface area contributed by atoms with Gasteiger partial charge in [0.15, 0.2) is 0 Å². The number of amides is 1. The second-order valence-corrected chi connectivity index (χ2v) is 6.47. The first-order valence-corrected chi connectivity index (χ1v) is 7.52. The number of nitrogens with one attached hydrogen (secondary N) is 1. The number of nitriles is 1. The summed E-state index contributed by atoms with van der Waals surface area (Å²) in [6, 6.07) is 8.45. The third kappa shape index (κ3) is 2.52. The lowest BCUT2D eigenvalue weighted by Gasteiger charge is -2.30. The molecule has 110 valence electrons. The molecule has 3 rings (SSSR count). The molecule has 2 heterocycles. The van der Waals surface area contributed by atoms with E-state index >= 15 is 0 Å². The number of hydrogen-bond donors (Lipinski definition) is 1. The Hall–Kier alpha value is -1.57. The SMILES string of the molecule is C[C@@]1(C(=O)N[C@H](C#N)c2cccc(Cl)c2)C[C@H]2CC[C@H]1O2. The van der Waals surface area contributed by atoms with Crippen molar-refractivity contribution in [2.75, 3.05) is 0 Å². The van der Waals surface area contributed by atoms with Crippen molar-refractivity contribution in [1.82, 2.24) is 5.32 Å². The van der Waals surface area contributed by atoms with Crippen LogP contribution in [0.15, 0.2) is 24.3 Å². The van der Waals surface area contributed by atoms with E-state index < -0.39 is 11.5 Å². The zero-order chi connectivity index (χ0) is 15.0. The molecule has 1 aromatic rings. The van der Waals surface area contributed by atoms with Gasteiger partial charge in [-0.1, -0.05) is 23.7 Å². The van der Waals surface area contributed by atoms with Crippen molar-refractivity contribution in [3.8, 4) is 6.07 Å². The topological polar surface area (TPSA) is 62.1 Å². The summed E-state index contributed by atoms with van der Waals surface area (Å²) in [5.41, 5.74) is 0.169. The Morgan fingerprint density at radius 1 is 1.57 bits per heavy atom. The molecule has 4 nitrogen and oxygen atoms in total. The highest BCUT2D eigenvalue weighted by Crippen LogP contribution is 2.47. The minimum absolute atomic E-state index is 0.0267. The quantitative estimate of drug-likeness (QED) is 0.934. The second-order valence-electron chi connectivity index (χ2n) is 6.04. The summed E-state index contributed by atoms with van der Waals surface area (Å²) in [7, 11) is 0. The minimum atomic E-state index is -0.688. The molecule has 2 fully saturated rings. The molecule has 2 aliphatic rings. The van der Waals surface area contributed by atoms with Gasteiger partial charge >= 0.3 is 0 Å². The van der Waals surface area contributed by atoms with Crippen molar-refractivity contribution in [1.29, 1.82) is 5.26 Å². The molecule has 1 N–H and O–H groups in total. The number of rotatable bonds is 3. The Kier molecular flexibility index (Phi) is 3.64. The third-order valence-corrected chi connectivity index (χ3v) is 4.81. The molecule has 0 aliphatic carbocycles. The van der Waals surface area contributed by atoms with Crippen molar-refractivity contribution < 1.29 is 9.53 Å². The zero-order valence-electron chi connectivity index (χ0n) is 11.8. The van der Waals surface area contributed by atoms with Crippen LogP contribution in [-0.4, -0.2) is 18.1 Å². The Balaban J connectivity index is 1.76. The van der Waals surface area contributed by atoms with Gasteiger partial charge in [0.25, 0.3) is 0 Å².